The Kier molecular flexibility index (Phi) is 26.2. The monoisotopic (exact) mass is 1840 g/mol. The number of benzene rings is 5. The molecule has 5 aliphatic rings. The molecule has 131 heavy (non-hydrogen) atoms. The second-order valence-corrected chi connectivity index (χ2v) is 36.0. The molecule has 2 aliphatic carbocycles. The van der Waals surface area contributed by atoms with Crippen molar-refractivity contribution in [3.8, 4) is 79.1 Å². The molecule has 33 heteroatoms. The third-order valence-corrected chi connectivity index (χ3v) is 27.4. The summed E-state index contributed by atoms with van der Waals surface area (Å²) in [4.78, 5) is 11.3. The zero-order valence-corrected chi connectivity index (χ0v) is 77.7. The van der Waals surface area contributed by atoms with Crippen molar-refractivity contribution in [2.45, 2.75) is 103 Å². The van der Waals surface area contributed by atoms with E-state index in [0.717, 1.165) is 194 Å². The molecule has 3 aliphatic heterocycles. The SMILES string of the molecule is CO[C@@H]1CCN(CCn2nc(-c3cccn3C)c3c(Cl)c(-c4ccccc4)nnc32)C1.Cc1nn(CCN2CCCC2)c2nnc(-c3ccccc3)c(Cl)c12.Cc1nn([C@H]2[CH+][C@@H]3CC[C@@H](C3)C2)c2nnc(-c3ccccc3)c(Cl)c12.Cn1cncc1Cn1nc(-c2cccn2C)c2c(Cl)c(-c3ccccc3)nnc21.Cn1nc(N2CCCC2)c2c(Cl)c(-c3ccccc3)nnc21. The van der Waals surface area contributed by atoms with Gasteiger partial charge in [0.15, 0.2) is 40.1 Å². The van der Waals surface area contributed by atoms with Crippen LogP contribution in [0.4, 0.5) is 5.82 Å². The fraction of sp³-hybridized carbons (Fsp3) is 0.316. The molecule has 0 spiro atoms. The van der Waals surface area contributed by atoms with Crippen LogP contribution in [0.15, 0.2) is 201 Å². The number of hydrogen-bond acceptors (Lipinski definition) is 20. The highest BCUT2D eigenvalue weighted by Gasteiger charge is 2.44. The van der Waals surface area contributed by atoms with Crippen LogP contribution in [0.2, 0.25) is 25.1 Å². The van der Waals surface area contributed by atoms with Crippen molar-refractivity contribution in [2.75, 3.05) is 64.4 Å². The molecule has 28 nitrogen and oxygen atoms in total. The molecule has 666 valence electrons. The minimum Gasteiger partial charge on any atom is -0.380 e. The summed E-state index contributed by atoms with van der Waals surface area (Å²) in [5, 5.41) is 75.8. The largest absolute Gasteiger partial charge is 0.380 e. The Balaban J connectivity index is 0.000000106. The average molecular weight is 1850 g/mol. The van der Waals surface area contributed by atoms with Gasteiger partial charge in [-0.25, -0.2) is 28.4 Å². The second-order valence-electron chi connectivity index (χ2n) is 34.1. The maximum Gasteiger partial charge on any atom is 0.192 e. The zero-order valence-electron chi connectivity index (χ0n) is 74.0. The number of aryl methyl sites for hydroxylation is 6. The van der Waals surface area contributed by atoms with Crippen LogP contribution in [0.25, 0.3) is 134 Å². The molecule has 4 atom stereocenters. The van der Waals surface area contributed by atoms with Gasteiger partial charge in [-0.1, -0.05) is 210 Å². The number of likely N-dealkylation sites (tertiary alicyclic amines) is 2. The van der Waals surface area contributed by atoms with Crippen molar-refractivity contribution in [2.24, 2.45) is 40.0 Å². The van der Waals surface area contributed by atoms with Crippen molar-refractivity contribution in [1.82, 2.24) is 128 Å². The maximum absolute atomic E-state index is 6.94. The number of ether oxygens (including phenoxy) is 1. The van der Waals surface area contributed by atoms with Gasteiger partial charge in [-0.2, -0.15) is 25.5 Å². The van der Waals surface area contributed by atoms with Crippen LogP contribution in [-0.4, -0.2) is 194 Å². The van der Waals surface area contributed by atoms with Gasteiger partial charge in [0.2, 0.25) is 0 Å². The van der Waals surface area contributed by atoms with Crippen LogP contribution in [0.3, 0.4) is 0 Å². The summed E-state index contributed by atoms with van der Waals surface area (Å²) in [5.41, 5.74) is 18.4. The number of halogens is 5. The Labute approximate surface area is 783 Å². The smallest absolute Gasteiger partial charge is 0.192 e. The van der Waals surface area contributed by atoms with Crippen LogP contribution < -0.4 is 4.90 Å². The summed E-state index contributed by atoms with van der Waals surface area (Å²) >= 11 is 33.9. The van der Waals surface area contributed by atoms with E-state index in [4.69, 9.17) is 78.0 Å². The van der Waals surface area contributed by atoms with Crippen LogP contribution >= 0.6 is 58.0 Å². The lowest BCUT2D eigenvalue weighted by molar-refractivity contribution is 0.107. The quantitative estimate of drug-likeness (QED) is 0.0722. The van der Waals surface area contributed by atoms with Gasteiger partial charge in [0.05, 0.1) is 119 Å². The van der Waals surface area contributed by atoms with Gasteiger partial charge >= 0.3 is 0 Å². The molecule has 2 bridgehead atoms. The first-order valence-electron chi connectivity index (χ1n) is 44.6. The molecule has 2 saturated carbocycles. The number of aromatic nitrogens is 24. The third kappa shape index (κ3) is 18.1. The van der Waals surface area contributed by atoms with Crippen molar-refractivity contribution >= 4 is 119 Å². The Morgan fingerprint density at radius 2 is 0.824 bits per heavy atom. The molecule has 0 radical (unpaired) electrons. The van der Waals surface area contributed by atoms with Crippen LogP contribution in [0, 0.1) is 32.1 Å². The Morgan fingerprint density at radius 3 is 1.30 bits per heavy atom. The lowest BCUT2D eigenvalue weighted by Crippen LogP contribution is -2.27. The molecular formula is C98H99Cl5N27O+. The van der Waals surface area contributed by atoms with Gasteiger partial charge in [0, 0.05) is 121 Å². The first kappa shape index (κ1) is 87.9. The lowest BCUT2D eigenvalue weighted by atomic mass is 9.85. The van der Waals surface area contributed by atoms with Crippen molar-refractivity contribution in [3.05, 3.63) is 249 Å². The first-order valence-corrected chi connectivity index (χ1v) is 46.5. The predicted molar refractivity (Wildman–Crippen MR) is 518 cm³/mol. The van der Waals surface area contributed by atoms with E-state index >= 15 is 0 Å². The van der Waals surface area contributed by atoms with E-state index in [9.17, 15) is 0 Å². The third-order valence-electron chi connectivity index (χ3n) is 25.6. The fourth-order valence-electron chi connectivity index (χ4n) is 18.7. The van der Waals surface area contributed by atoms with E-state index in [-0.39, 0.29) is 0 Å². The fourth-order valence-corrected chi connectivity index (χ4v) is 20.4. The topological polar surface area (TPSA) is 265 Å². The summed E-state index contributed by atoms with van der Waals surface area (Å²) < 4.78 is 21.1. The number of anilines is 1. The molecule has 23 rings (SSSR count). The van der Waals surface area contributed by atoms with Crippen molar-refractivity contribution < 1.29 is 4.74 Å². The van der Waals surface area contributed by atoms with Crippen LogP contribution in [0.1, 0.15) is 80.9 Å². The summed E-state index contributed by atoms with van der Waals surface area (Å²) in [6.45, 7) is 14.3. The molecule has 18 aromatic rings. The van der Waals surface area contributed by atoms with Crippen LogP contribution in [-0.2, 0) is 52.6 Å². The standard InChI is InChI=1S/C23H25ClN6O.C21H18ClN7.C20H20ClN4.C18H20ClN5.C16H16ClN5/c1-28-11-6-9-18(28)22-19-20(24)21(16-7-4-3-5-8-16)25-26-23(19)30(27-22)14-13-29-12-10-17(15-29)31-2;1-27-10-6-9-16(27)20-17-18(22)19(14-7-4-3-5-8-14)24-25-21(17)29(26-20)12-15-11-23-13-28(15)2;1-12-17-18(21)19(15-5-3-2-4-6-15)22-23-20(17)25(24-12)16-10-13-7-8-14(9-13)11-16;1-13-15-16(19)17(14-7-3-2-4-8-14)20-21-18(15)24(22-13)12-11-23-9-5-6-10-23;1-21-15-12(16(20-21)22-9-5-6-10-22)13(17)14(18-19-15)11-7-3-2-4-8-11/h3-9,11,17H,10,12-15H2,1-2H3;3-11,13H,12H2,1-2H3;2-6,10,13-14,16H,7-9,11H2,1H3;2-4,7-8H,5-6,9-12H2,1H3;2-4,7-8H,5-6,9-10H2,1H3/q;;+1;;/t17-;;13-,14+,16+;;/m1.1../s1. The molecule has 5 aromatic carbocycles. The van der Waals surface area contributed by atoms with Gasteiger partial charge in [0.1, 0.15) is 52.2 Å². The maximum atomic E-state index is 6.94. The molecule has 13 aromatic heterocycles. The summed E-state index contributed by atoms with van der Waals surface area (Å²) in [5.74, 6) is 2.48. The molecular weight excluding hydrogens is 1750 g/mol. The van der Waals surface area contributed by atoms with Gasteiger partial charge in [0.25, 0.3) is 0 Å². The van der Waals surface area contributed by atoms with E-state index in [2.05, 4.69) is 103 Å². The first-order chi connectivity index (χ1) is 64.0. The lowest BCUT2D eigenvalue weighted by Gasteiger charge is -2.20. The Morgan fingerprint density at radius 1 is 0.389 bits per heavy atom. The number of imidazole rings is 1. The number of fused-ring (bicyclic) bond motifs is 7. The normalized spacial score (nSPS) is 16.7. The van der Waals surface area contributed by atoms with Crippen molar-refractivity contribution in [1.29, 1.82) is 0 Å². The highest BCUT2D eigenvalue weighted by Crippen LogP contribution is 2.48. The number of nitrogens with zero attached hydrogens (tertiary/aromatic N) is 27. The Bertz CT molecular complexity index is 7050. The van der Waals surface area contributed by atoms with E-state index < -0.39 is 0 Å². The highest BCUT2D eigenvalue weighted by atomic mass is 35.5. The number of hydrogen-bond donors (Lipinski definition) is 0. The zero-order chi connectivity index (χ0) is 89.9. The molecule has 0 amide bonds. The average Bonchev–Trinajstić information content (AvgIpc) is 1.57. The van der Waals surface area contributed by atoms with E-state index in [0.29, 0.717) is 84.4 Å². The second kappa shape index (κ2) is 39.0. The van der Waals surface area contributed by atoms with E-state index in [1.54, 1.807) is 18.1 Å². The molecule has 0 unspecified atom stereocenters. The molecule has 3 saturated heterocycles. The van der Waals surface area contributed by atoms with Gasteiger partial charge < -0.3 is 28.2 Å². The summed E-state index contributed by atoms with van der Waals surface area (Å²) in [6.07, 6.45) is 21.6. The van der Waals surface area contributed by atoms with Gasteiger partial charge in [-0.3, -0.25) is 4.90 Å². The van der Waals surface area contributed by atoms with Crippen molar-refractivity contribution in [3.63, 3.8) is 0 Å². The summed E-state index contributed by atoms with van der Waals surface area (Å²) in [7, 11) is 9.62. The van der Waals surface area contributed by atoms with Gasteiger partial charge in [-0.15, -0.1) is 51.0 Å². The highest BCUT2D eigenvalue weighted by molar-refractivity contribution is 6.40. The van der Waals surface area contributed by atoms with Gasteiger partial charge in [-0.05, 0) is 108 Å². The number of methoxy groups -OCH3 is 1. The van der Waals surface area contributed by atoms with Crippen LogP contribution in [0.5, 0.6) is 0 Å². The minimum atomic E-state index is 0.315. The molecule has 0 N–H and O–H groups in total. The van der Waals surface area contributed by atoms with E-state index in [1.807, 2.05) is 254 Å². The number of rotatable bonds is 18. The summed E-state index contributed by atoms with van der Waals surface area (Å²) in [6, 6.07) is 57.9. The Hall–Kier alpha value is -12.4. The molecule has 5 fully saturated rings. The predicted octanol–water partition coefficient (Wildman–Crippen LogP) is 19.7. The minimum absolute atomic E-state index is 0.315. The van der Waals surface area contributed by atoms with E-state index in [1.165, 1.54) is 58.0 Å². The molecule has 16 heterocycles.